The fraction of sp³-hybridized carbons (Fsp3) is 0.500. The van der Waals surface area contributed by atoms with Crippen LogP contribution in [0.2, 0.25) is 0 Å². The second kappa shape index (κ2) is 8.20. The lowest BCUT2D eigenvalue weighted by Crippen LogP contribution is -2.37. The zero-order valence-corrected chi connectivity index (χ0v) is 16.2. The average molecular weight is 387 g/mol. The van der Waals surface area contributed by atoms with E-state index >= 15 is 0 Å². The monoisotopic (exact) mass is 387 g/mol. The number of rotatable bonds is 5. The first-order valence-corrected chi connectivity index (χ1v) is 9.72. The molecule has 4 rings (SSSR count). The minimum Gasteiger partial charge on any atom is -0.490 e. The van der Waals surface area contributed by atoms with Gasteiger partial charge >= 0.3 is 0 Å². The molecule has 0 aliphatic carbocycles. The van der Waals surface area contributed by atoms with Crippen molar-refractivity contribution in [2.75, 3.05) is 50.2 Å². The zero-order chi connectivity index (χ0) is 19.5. The third kappa shape index (κ3) is 3.98. The van der Waals surface area contributed by atoms with Gasteiger partial charge in [0.2, 0.25) is 0 Å². The number of ether oxygens (including phenoxy) is 3. The summed E-state index contributed by atoms with van der Waals surface area (Å²) in [5.41, 5.74) is 8.24. The summed E-state index contributed by atoms with van der Waals surface area (Å²) in [4.78, 5) is 2.22. The van der Waals surface area contributed by atoms with Crippen LogP contribution < -0.4 is 15.4 Å². The molecule has 8 heteroatoms. The highest BCUT2D eigenvalue weighted by Crippen LogP contribution is 2.26. The number of anilines is 2. The van der Waals surface area contributed by atoms with Gasteiger partial charge in [-0.2, -0.15) is 5.10 Å². The van der Waals surface area contributed by atoms with Crippen LogP contribution in [-0.2, 0) is 16.5 Å². The van der Waals surface area contributed by atoms with E-state index in [2.05, 4.69) is 10.00 Å². The van der Waals surface area contributed by atoms with Crippen molar-refractivity contribution >= 4 is 17.2 Å². The second-order valence-electron chi connectivity index (χ2n) is 7.16. The molecule has 0 spiro atoms. The molecule has 1 aromatic heterocycles. The van der Waals surface area contributed by atoms with E-state index in [9.17, 15) is 0 Å². The van der Waals surface area contributed by atoms with E-state index in [1.165, 1.54) is 0 Å². The van der Waals surface area contributed by atoms with Gasteiger partial charge in [0.25, 0.3) is 0 Å². The standard InChI is InChI=1S/C20H27N5O3.H2/c1-24-19(25-6-10-27-11-7-25)13-18(23-24)20(22)16-12-15(2-3-17(16)21)28-14-4-8-26-9-5-14;/h2-3,12-14,22H,4-11,21H2,1H3;1H. The number of nitrogens with one attached hydrogen (secondary N) is 1. The molecule has 0 saturated carbocycles. The van der Waals surface area contributed by atoms with Gasteiger partial charge < -0.3 is 24.8 Å². The molecule has 0 bridgehead atoms. The number of aryl methyl sites for hydroxylation is 1. The Morgan fingerprint density at radius 2 is 1.89 bits per heavy atom. The lowest BCUT2D eigenvalue weighted by atomic mass is 10.0. The van der Waals surface area contributed by atoms with Gasteiger partial charge in [0.05, 0.1) is 32.1 Å². The van der Waals surface area contributed by atoms with E-state index < -0.39 is 0 Å². The van der Waals surface area contributed by atoms with Crippen LogP contribution in [0.15, 0.2) is 24.3 Å². The Balaban J connectivity index is 0.00000240. The molecule has 2 saturated heterocycles. The molecule has 2 aromatic rings. The third-order valence-corrected chi connectivity index (χ3v) is 5.21. The second-order valence-corrected chi connectivity index (χ2v) is 7.16. The lowest BCUT2D eigenvalue weighted by Gasteiger charge is -2.28. The molecule has 0 unspecified atom stereocenters. The summed E-state index contributed by atoms with van der Waals surface area (Å²) in [5.74, 6) is 1.71. The SMILES string of the molecule is Cn1nc(C(=N)c2cc(OC3CCOCC3)ccc2N)cc1N1CCOCC1.[HH]. The van der Waals surface area contributed by atoms with Crippen LogP contribution in [-0.4, -0.2) is 61.1 Å². The summed E-state index contributed by atoms with van der Waals surface area (Å²) in [6.07, 6.45) is 1.89. The maximum Gasteiger partial charge on any atom is 0.127 e. The topological polar surface area (TPSA) is 98.6 Å². The van der Waals surface area contributed by atoms with Crippen LogP contribution in [0.5, 0.6) is 5.75 Å². The number of nitrogen functional groups attached to an aromatic ring is 1. The van der Waals surface area contributed by atoms with Gasteiger partial charge in [0.1, 0.15) is 23.4 Å². The van der Waals surface area contributed by atoms with E-state index in [1.807, 2.05) is 29.9 Å². The molecule has 0 atom stereocenters. The van der Waals surface area contributed by atoms with Gasteiger partial charge in [-0.3, -0.25) is 10.1 Å². The third-order valence-electron chi connectivity index (χ3n) is 5.21. The molecule has 2 fully saturated rings. The van der Waals surface area contributed by atoms with Crippen molar-refractivity contribution < 1.29 is 15.6 Å². The maximum absolute atomic E-state index is 8.68. The first kappa shape index (κ1) is 18.8. The molecular formula is C20H29N5O3. The van der Waals surface area contributed by atoms with Crippen LogP contribution in [0.3, 0.4) is 0 Å². The Labute approximate surface area is 166 Å². The Morgan fingerprint density at radius 1 is 1.18 bits per heavy atom. The summed E-state index contributed by atoms with van der Waals surface area (Å²) < 4.78 is 18.7. The number of benzene rings is 1. The lowest BCUT2D eigenvalue weighted by molar-refractivity contribution is 0.0256. The van der Waals surface area contributed by atoms with Gasteiger partial charge in [0.15, 0.2) is 0 Å². The van der Waals surface area contributed by atoms with Crippen molar-refractivity contribution in [3.8, 4) is 5.75 Å². The smallest absolute Gasteiger partial charge is 0.127 e. The number of morpholine rings is 1. The van der Waals surface area contributed by atoms with E-state index in [4.69, 9.17) is 25.4 Å². The molecular weight excluding hydrogens is 358 g/mol. The first-order chi connectivity index (χ1) is 13.6. The van der Waals surface area contributed by atoms with Crippen LogP contribution in [0.4, 0.5) is 11.5 Å². The molecule has 3 N–H and O–H groups in total. The quantitative estimate of drug-likeness (QED) is 0.602. The minimum absolute atomic E-state index is 0. The van der Waals surface area contributed by atoms with Crippen molar-refractivity contribution in [2.45, 2.75) is 18.9 Å². The summed E-state index contributed by atoms with van der Waals surface area (Å²) in [5, 5.41) is 13.2. The Kier molecular flexibility index (Phi) is 5.50. The maximum atomic E-state index is 8.68. The molecule has 152 valence electrons. The Hall–Kier alpha value is -2.58. The molecule has 28 heavy (non-hydrogen) atoms. The highest BCUT2D eigenvalue weighted by molar-refractivity contribution is 6.13. The predicted molar refractivity (Wildman–Crippen MR) is 110 cm³/mol. The predicted octanol–water partition coefficient (Wildman–Crippen LogP) is 2.06. The van der Waals surface area contributed by atoms with Gasteiger partial charge in [-0.1, -0.05) is 0 Å². The van der Waals surface area contributed by atoms with Crippen molar-refractivity contribution in [1.82, 2.24) is 9.78 Å². The van der Waals surface area contributed by atoms with Crippen LogP contribution >= 0.6 is 0 Å². The molecule has 8 nitrogen and oxygen atoms in total. The number of aromatic nitrogens is 2. The number of nitrogens with two attached hydrogens (primary N) is 1. The molecule has 0 amide bonds. The fourth-order valence-electron chi connectivity index (χ4n) is 3.62. The fourth-order valence-corrected chi connectivity index (χ4v) is 3.62. The van der Waals surface area contributed by atoms with Crippen molar-refractivity contribution in [1.29, 1.82) is 5.41 Å². The summed E-state index contributed by atoms with van der Waals surface area (Å²) >= 11 is 0. The van der Waals surface area contributed by atoms with Crippen molar-refractivity contribution in [3.63, 3.8) is 0 Å². The Morgan fingerprint density at radius 3 is 2.64 bits per heavy atom. The van der Waals surface area contributed by atoms with Gasteiger partial charge in [-0.25, -0.2) is 0 Å². The zero-order valence-electron chi connectivity index (χ0n) is 16.2. The van der Waals surface area contributed by atoms with Crippen LogP contribution in [0.1, 0.15) is 25.5 Å². The summed E-state index contributed by atoms with van der Waals surface area (Å²) in [6.45, 7) is 4.50. The molecule has 2 aliphatic heterocycles. The molecule has 3 heterocycles. The van der Waals surface area contributed by atoms with E-state index in [0.717, 1.165) is 50.7 Å². The van der Waals surface area contributed by atoms with Gasteiger partial charge in [-0.15, -0.1) is 0 Å². The first-order valence-electron chi connectivity index (χ1n) is 9.72. The van der Waals surface area contributed by atoms with E-state index in [1.54, 1.807) is 6.07 Å². The van der Waals surface area contributed by atoms with E-state index in [0.29, 0.717) is 35.9 Å². The highest BCUT2D eigenvalue weighted by atomic mass is 16.5. The molecule has 2 aliphatic rings. The normalized spacial score (nSPS) is 18.2. The van der Waals surface area contributed by atoms with Crippen LogP contribution in [0, 0.1) is 5.41 Å². The number of hydrogen-bond acceptors (Lipinski definition) is 7. The molecule has 1 aromatic carbocycles. The Bertz CT molecular complexity index is 845. The van der Waals surface area contributed by atoms with Crippen molar-refractivity contribution in [3.05, 3.63) is 35.5 Å². The highest BCUT2D eigenvalue weighted by Gasteiger charge is 2.20. The minimum atomic E-state index is 0. The van der Waals surface area contributed by atoms with Crippen LogP contribution in [0.25, 0.3) is 0 Å². The number of hydrogen-bond donors (Lipinski definition) is 2. The van der Waals surface area contributed by atoms with E-state index in [-0.39, 0.29) is 7.53 Å². The van der Waals surface area contributed by atoms with Gasteiger partial charge in [-0.05, 0) is 18.2 Å². The molecule has 0 radical (unpaired) electrons. The average Bonchev–Trinajstić information content (AvgIpc) is 3.12. The van der Waals surface area contributed by atoms with Crippen molar-refractivity contribution in [2.24, 2.45) is 7.05 Å². The summed E-state index contributed by atoms with van der Waals surface area (Å²) in [7, 11) is 1.90. The largest absolute Gasteiger partial charge is 0.490 e. The number of nitrogens with zero attached hydrogens (tertiary/aromatic N) is 3. The summed E-state index contributed by atoms with van der Waals surface area (Å²) in [6, 6.07) is 7.44. The van der Waals surface area contributed by atoms with Gasteiger partial charge in [0, 0.05) is 51.7 Å².